The van der Waals surface area contributed by atoms with E-state index < -0.39 is 0 Å². The van der Waals surface area contributed by atoms with E-state index in [1.54, 1.807) is 0 Å². The van der Waals surface area contributed by atoms with E-state index in [-0.39, 0.29) is 0 Å². The lowest BCUT2D eigenvalue weighted by atomic mass is 9.98. The molecule has 1 rings (SSSR count). The summed E-state index contributed by atoms with van der Waals surface area (Å²) in [4.78, 5) is 0. The average molecular weight is 242 g/mol. The first-order chi connectivity index (χ1) is 8.31. The second kappa shape index (κ2) is 8.90. The fraction of sp³-hybridized carbons (Fsp3) is 1.00. The van der Waals surface area contributed by atoms with E-state index in [1.165, 1.54) is 38.5 Å². The van der Waals surface area contributed by atoms with Gasteiger partial charge in [0, 0.05) is 25.7 Å². The largest absolute Gasteiger partial charge is 0.379 e. The summed E-state index contributed by atoms with van der Waals surface area (Å²) in [6.45, 7) is 6.65. The monoisotopic (exact) mass is 242 g/mol. The number of hydrogen-bond donors (Lipinski definition) is 2. The van der Waals surface area contributed by atoms with E-state index in [2.05, 4.69) is 24.5 Å². The van der Waals surface area contributed by atoms with Gasteiger partial charge in [-0.2, -0.15) is 0 Å². The first kappa shape index (κ1) is 14.9. The van der Waals surface area contributed by atoms with Crippen LogP contribution in [0.1, 0.15) is 52.4 Å². The number of piperidine rings is 1. The zero-order chi connectivity index (χ0) is 12.5. The van der Waals surface area contributed by atoms with Gasteiger partial charge < -0.3 is 15.4 Å². The van der Waals surface area contributed by atoms with Crippen molar-refractivity contribution in [2.45, 2.75) is 70.6 Å². The fourth-order valence-corrected chi connectivity index (χ4v) is 2.68. The molecule has 0 bridgehead atoms. The van der Waals surface area contributed by atoms with Gasteiger partial charge in [0.1, 0.15) is 0 Å². The zero-order valence-electron chi connectivity index (χ0n) is 11.8. The van der Waals surface area contributed by atoms with Crippen molar-refractivity contribution in [1.82, 2.24) is 10.6 Å². The predicted molar refractivity (Wildman–Crippen MR) is 73.4 cm³/mol. The lowest BCUT2D eigenvalue weighted by Crippen LogP contribution is -2.54. The lowest BCUT2D eigenvalue weighted by molar-refractivity contribution is 0.0465. The van der Waals surface area contributed by atoms with Gasteiger partial charge in [-0.1, -0.05) is 33.1 Å². The van der Waals surface area contributed by atoms with Crippen LogP contribution in [0.4, 0.5) is 0 Å². The first-order valence-electron chi connectivity index (χ1n) is 7.31. The maximum absolute atomic E-state index is 5.56. The molecule has 1 aliphatic rings. The smallest absolute Gasteiger partial charge is 0.0848 e. The van der Waals surface area contributed by atoms with Gasteiger partial charge in [0.25, 0.3) is 0 Å². The summed E-state index contributed by atoms with van der Waals surface area (Å²) >= 11 is 0. The molecule has 1 saturated heterocycles. The van der Waals surface area contributed by atoms with Crippen molar-refractivity contribution in [3.63, 3.8) is 0 Å². The minimum Gasteiger partial charge on any atom is -0.379 e. The van der Waals surface area contributed by atoms with Crippen LogP contribution < -0.4 is 10.6 Å². The second-order valence-electron chi connectivity index (χ2n) is 5.17. The molecule has 2 N–H and O–H groups in total. The molecule has 0 aromatic rings. The van der Waals surface area contributed by atoms with Crippen LogP contribution in [0.15, 0.2) is 0 Å². The highest BCUT2D eigenvalue weighted by molar-refractivity contribution is 4.86. The number of hydrogen-bond acceptors (Lipinski definition) is 3. The van der Waals surface area contributed by atoms with Crippen molar-refractivity contribution >= 4 is 0 Å². The number of unbranched alkanes of at least 4 members (excludes halogenated alkanes) is 1. The normalized spacial score (nSPS) is 27.0. The number of ether oxygens (including phenoxy) is 1. The van der Waals surface area contributed by atoms with Crippen LogP contribution >= 0.6 is 0 Å². The molecular formula is C14H30N2O. The van der Waals surface area contributed by atoms with Gasteiger partial charge in [-0.15, -0.1) is 0 Å². The van der Waals surface area contributed by atoms with E-state index in [9.17, 15) is 0 Å². The number of rotatable bonds is 8. The molecule has 1 aliphatic heterocycles. The Labute approximate surface area is 107 Å². The average Bonchev–Trinajstić information content (AvgIpc) is 2.37. The molecule has 102 valence electrons. The summed E-state index contributed by atoms with van der Waals surface area (Å²) in [5.41, 5.74) is 0. The van der Waals surface area contributed by atoms with Crippen molar-refractivity contribution in [2.75, 3.05) is 20.2 Å². The van der Waals surface area contributed by atoms with Crippen LogP contribution in [0, 0.1) is 0 Å². The summed E-state index contributed by atoms with van der Waals surface area (Å²) in [6.07, 6.45) is 8.02. The predicted octanol–water partition coefficient (Wildman–Crippen LogP) is 2.31. The Balaban J connectivity index is 2.39. The third kappa shape index (κ3) is 5.36. The Morgan fingerprint density at radius 1 is 1.29 bits per heavy atom. The molecule has 0 amide bonds. The minimum atomic E-state index is 0.338. The van der Waals surface area contributed by atoms with Gasteiger partial charge in [0.05, 0.1) is 6.10 Å². The molecular weight excluding hydrogens is 212 g/mol. The highest BCUT2D eigenvalue weighted by Crippen LogP contribution is 2.13. The second-order valence-corrected chi connectivity index (χ2v) is 5.17. The Hall–Kier alpha value is -0.120. The van der Waals surface area contributed by atoms with E-state index in [4.69, 9.17) is 4.74 Å². The molecule has 3 unspecified atom stereocenters. The van der Waals surface area contributed by atoms with Crippen molar-refractivity contribution < 1.29 is 4.74 Å². The third-order valence-corrected chi connectivity index (χ3v) is 3.72. The van der Waals surface area contributed by atoms with Gasteiger partial charge in [-0.05, 0) is 25.8 Å². The van der Waals surface area contributed by atoms with Crippen LogP contribution in [0.2, 0.25) is 0 Å². The Morgan fingerprint density at radius 2 is 2.12 bits per heavy atom. The number of methoxy groups -OCH3 is 1. The summed E-state index contributed by atoms with van der Waals surface area (Å²) in [6, 6.07) is 1.22. The summed E-state index contributed by atoms with van der Waals surface area (Å²) < 4.78 is 5.56. The molecule has 0 aromatic heterocycles. The quantitative estimate of drug-likeness (QED) is 0.685. The summed E-state index contributed by atoms with van der Waals surface area (Å²) in [5.74, 6) is 0. The molecule has 0 radical (unpaired) electrons. The first-order valence-corrected chi connectivity index (χ1v) is 7.31. The summed E-state index contributed by atoms with van der Waals surface area (Å²) in [5, 5.41) is 7.23. The highest BCUT2D eigenvalue weighted by Gasteiger charge is 2.26. The van der Waals surface area contributed by atoms with Crippen molar-refractivity contribution in [1.29, 1.82) is 0 Å². The van der Waals surface area contributed by atoms with Crippen LogP contribution in [-0.4, -0.2) is 38.4 Å². The van der Waals surface area contributed by atoms with Crippen molar-refractivity contribution in [3.05, 3.63) is 0 Å². The van der Waals surface area contributed by atoms with Crippen LogP contribution in [0.3, 0.4) is 0 Å². The zero-order valence-corrected chi connectivity index (χ0v) is 11.8. The van der Waals surface area contributed by atoms with Crippen LogP contribution in [0.25, 0.3) is 0 Å². The molecule has 0 aromatic carbocycles. The van der Waals surface area contributed by atoms with E-state index in [1.807, 2.05) is 7.11 Å². The standard InChI is InChI=1S/C14H30N2O/c1-4-6-8-12(7-5-2)16-13-9-10-15-11-14(13)17-3/h12-16H,4-11H2,1-3H3. The molecule has 3 heteroatoms. The maximum Gasteiger partial charge on any atom is 0.0848 e. The summed E-state index contributed by atoms with van der Waals surface area (Å²) in [7, 11) is 1.83. The number of nitrogens with one attached hydrogen (secondary N) is 2. The molecule has 3 atom stereocenters. The minimum absolute atomic E-state index is 0.338. The lowest BCUT2D eigenvalue weighted by Gasteiger charge is -2.35. The van der Waals surface area contributed by atoms with Crippen molar-refractivity contribution in [3.8, 4) is 0 Å². The fourth-order valence-electron chi connectivity index (χ4n) is 2.68. The SMILES string of the molecule is CCCCC(CCC)NC1CCNCC1OC. The molecule has 0 saturated carbocycles. The van der Waals surface area contributed by atoms with Gasteiger partial charge in [0.2, 0.25) is 0 Å². The Bertz CT molecular complexity index is 187. The topological polar surface area (TPSA) is 33.3 Å². The van der Waals surface area contributed by atoms with Crippen LogP contribution in [0.5, 0.6) is 0 Å². The van der Waals surface area contributed by atoms with E-state index in [0.29, 0.717) is 18.2 Å². The van der Waals surface area contributed by atoms with Gasteiger partial charge in [-0.25, -0.2) is 0 Å². The van der Waals surface area contributed by atoms with Crippen molar-refractivity contribution in [2.24, 2.45) is 0 Å². The Morgan fingerprint density at radius 3 is 2.76 bits per heavy atom. The molecule has 0 aliphatic carbocycles. The van der Waals surface area contributed by atoms with Gasteiger partial charge >= 0.3 is 0 Å². The molecule has 0 spiro atoms. The third-order valence-electron chi connectivity index (χ3n) is 3.72. The molecule has 1 heterocycles. The van der Waals surface area contributed by atoms with E-state index >= 15 is 0 Å². The Kier molecular flexibility index (Phi) is 7.82. The van der Waals surface area contributed by atoms with Gasteiger partial charge in [-0.3, -0.25) is 0 Å². The maximum atomic E-state index is 5.56. The molecule has 3 nitrogen and oxygen atoms in total. The van der Waals surface area contributed by atoms with E-state index in [0.717, 1.165) is 13.1 Å². The molecule has 1 fully saturated rings. The van der Waals surface area contributed by atoms with Gasteiger partial charge in [0.15, 0.2) is 0 Å². The van der Waals surface area contributed by atoms with Crippen LogP contribution in [-0.2, 0) is 4.74 Å². The molecule has 17 heavy (non-hydrogen) atoms. The highest BCUT2D eigenvalue weighted by atomic mass is 16.5.